The first kappa shape index (κ1) is 30.0. The van der Waals surface area contributed by atoms with Gasteiger partial charge in [0.05, 0.1) is 5.69 Å². The quantitative estimate of drug-likeness (QED) is 0.176. The van der Waals surface area contributed by atoms with E-state index in [4.69, 9.17) is 4.42 Å². The number of hydrogen-bond donors (Lipinski definition) is 0. The van der Waals surface area contributed by atoms with Crippen LogP contribution < -0.4 is 4.90 Å². The molecule has 0 saturated carbocycles. The number of furan rings is 1. The topological polar surface area (TPSA) is 16.4 Å². The van der Waals surface area contributed by atoms with Crippen molar-refractivity contribution in [3.8, 4) is 33.4 Å². The number of nitrogens with zero attached hydrogens (tertiary/aromatic N) is 1. The molecule has 0 N–H and O–H groups in total. The molecule has 0 fully saturated rings. The molecule has 1 aromatic heterocycles. The summed E-state index contributed by atoms with van der Waals surface area (Å²) in [6, 6.07) is 71.7. The van der Waals surface area contributed by atoms with E-state index in [1.54, 1.807) is 0 Å². The van der Waals surface area contributed by atoms with E-state index in [0.29, 0.717) is 0 Å². The monoisotopic (exact) mass is 663 g/mol. The maximum absolute atomic E-state index is 6.41. The Labute approximate surface area is 302 Å². The van der Waals surface area contributed by atoms with Crippen LogP contribution in [0, 0.1) is 0 Å². The van der Waals surface area contributed by atoms with Crippen LogP contribution in [-0.2, 0) is 0 Å². The Bertz CT molecular complexity index is 2890. The van der Waals surface area contributed by atoms with Gasteiger partial charge in [-0.05, 0) is 104 Å². The second kappa shape index (κ2) is 12.5. The molecule has 0 saturated heterocycles. The number of benzene rings is 9. The van der Waals surface area contributed by atoms with E-state index in [-0.39, 0.29) is 0 Å². The number of rotatable bonds is 6. The highest BCUT2D eigenvalue weighted by molar-refractivity contribution is 6.19. The van der Waals surface area contributed by atoms with Crippen molar-refractivity contribution in [2.75, 3.05) is 4.90 Å². The SMILES string of the molecule is c1ccc(-c2ccccc2N(c2ccc(-c3ccc4ccccc4c3)cc2)c2ccc(-c3ccc4c(c3)oc3ccc5ccccc5c34)cc2)cc1. The van der Waals surface area contributed by atoms with Crippen LogP contribution in [0.25, 0.3) is 76.9 Å². The van der Waals surface area contributed by atoms with Crippen LogP contribution in [-0.4, -0.2) is 0 Å². The zero-order valence-electron chi connectivity index (χ0n) is 28.4. The third-order valence-corrected chi connectivity index (χ3v) is 10.3. The molecular formula is C50H33NO. The predicted octanol–water partition coefficient (Wildman–Crippen LogP) is 14.4. The molecule has 10 aromatic rings. The summed E-state index contributed by atoms with van der Waals surface area (Å²) < 4.78 is 6.41. The van der Waals surface area contributed by atoms with Gasteiger partial charge in [-0.15, -0.1) is 0 Å². The molecule has 1 heterocycles. The molecule has 0 atom stereocenters. The first-order valence-corrected chi connectivity index (χ1v) is 17.8. The molecule has 0 bridgehead atoms. The van der Waals surface area contributed by atoms with E-state index in [1.165, 1.54) is 49.2 Å². The van der Waals surface area contributed by atoms with Gasteiger partial charge >= 0.3 is 0 Å². The molecule has 9 aromatic carbocycles. The van der Waals surface area contributed by atoms with Crippen molar-refractivity contribution in [3.63, 3.8) is 0 Å². The smallest absolute Gasteiger partial charge is 0.136 e. The van der Waals surface area contributed by atoms with Gasteiger partial charge in [0.15, 0.2) is 0 Å². The maximum atomic E-state index is 6.41. The minimum absolute atomic E-state index is 0.901. The van der Waals surface area contributed by atoms with Crippen molar-refractivity contribution in [2.24, 2.45) is 0 Å². The molecule has 0 amide bonds. The summed E-state index contributed by atoms with van der Waals surface area (Å²) in [7, 11) is 0. The minimum atomic E-state index is 0.901. The summed E-state index contributed by atoms with van der Waals surface area (Å²) in [4.78, 5) is 2.36. The van der Waals surface area contributed by atoms with Gasteiger partial charge in [-0.3, -0.25) is 0 Å². The Morgan fingerprint density at radius 3 is 1.67 bits per heavy atom. The first-order chi connectivity index (χ1) is 25.8. The number of para-hydroxylation sites is 1. The number of anilines is 3. The van der Waals surface area contributed by atoms with Crippen LogP contribution in [0.2, 0.25) is 0 Å². The van der Waals surface area contributed by atoms with Gasteiger partial charge < -0.3 is 9.32 Å². The van der Waals surface area contributed by atoms with Crippen molar-refractivity contribution in [1.29, 1.82) is 0 Å². The fraction of sp³-hybridized carbons (Fsp3) is 0. The lowest BCUT2D eigenvalue weighted by atomic mass is 9.99. The molecular weight excluding hydrogens is 631 g/mol. The molecule has 0 aliphatic carbocycles. The number of hydrogen-bond acceptors (Lipinski definition) is 2. The van der Waals surface area contributed by atoms with Gasteiger partial charge in [0.1, 0.15) is 11.2 Å². The Morgan fingerprint density at radius 1 is 0.327 bits per heavy atom. The molecule has 2 heteroatoms. The van der Waals surface area contributed by atoms with E-state index in [1.807, 2.05) is 0 Å². The van der Waals surface area contributed by atoms with E-state index in [0.717, 1.165) is 44.7 Å². The standard InChI is InChI=1S/C50H33NO/c1-2-11-37(12-3-1)44-15-8-9-17-47(44)51(42-26-20-35(21-27-42)40-19-18-34-10-4-5-14-39(34)32-40)43-28-22-36(23-29-43)41-24-30-46-49(33-41)52-48-31-25-38-13-6-7-16-45(38)50(46)48/h1-33H. The lowest BCUT2D eigenvalue weighted by Crippen LogP contribution is -2.11. The van der Waals surface area contributed by atoms with Crippen molar-refractivity contribution in [2.45, 2.75) is 0 Å². The lowest BCUT2D eigenvalue weighted by Gasteiger charge is -2.28. The molecule has 10 rings (SSSR count). The summed E-state index contributed by atoms with van der Waals surface area (Å²) in [6.07, 6.45) is 0. The highest BCUT2D eigenvalue weighted by atomic mass is 16.3. The molecule has 0 aliphatic rings. The average molecular weight is 664 g/mol. The molecule has 0 aliphatic heterocycles. The first-order valence-electron chi connectivity index (χ1n) is 17.8. The van der Waals surface area contributed by atoms with E-state index in [9.17, 15) is 0 Å². The van der Waals surface area contributed by atoms with Gasteiger partial charge in [0.25, 0.3) is 0 Å². The number of fused-ring (bicyclic) bond motifs is 6. The van der Waals surface area contributed by atoms with Crippen LogP contribution in [0.1, 0.15) is 0 Å². The van der Waals surface area contributed by atoms with Crippen LogP contribution in [0.4, 0.5) is 17.1 Å². The van der Waals surface area contributed by atoms with Gasteiger partial charge in [0.2, 0.25) is 0 Å². The summed E-state index contributed by atoms with van der Waals surface area (Å²) in [5, 5.41) is 7.25. The summed E-state index contributed by atoms with van der Waals surface area (Å²) >= 11 is 0. The van der Waals surface area contributed by atoms with Crippen molar-refractivity contribution in [3.05, 3.63) is 200 Å². The summed E-state index contributed by atoms with van der Waals surface area (Å²) in [5.74, 6) is 0. The zero-order chi connectivity index (χ0) is 34.4. The zero-order valence-corrected chi connectivity index (χ0v) is 28.4. The van der Waals surface area contributed by atoms with Crippen molar-refractivity contribution < 1.29 is 4.42 Å². The van der Waals surface area contributed by atoms with Crippen LogP contribution in [0.15, 0.2) is 205 Å². The summed E-state index contributed by atoms with van der Waals surface area (Å²) in [5.41, 5.74) is 12.1. The largest absolute Gasteiger partial charge is 0.456 e. The predicted molar refractivity (Wildman–Crippen MR) is 220 cm³/mol. The fourth-order valence-corrected chi connectivity index (χ4v) is 7.66. The maximum Gasteiger partial charge on any atom is 0.136 e. The van der Waals surface area contributed by atoms with Crippen LogP contribution >= 0.6 is 0 Å². The Morgan fingerprint density at radius 2 is 0.904 bits per heavy atom. The Balaban J connectivity index is 1.05. The normalized spacial score (nSPS) is 11.5. The molecule has 2 nitrogen and oxygen atoms in total. The van der Waals surface area contributed by atoms with Gasteiger partial charge in [-0.25, -0.2) is 0 Å². The lowest BCUT2D eigenvalue weighted by molar-refractivity contribution is 0.669. The minimum Gasteiger partial charge on any atom is -0.456 e. The van der Waals surface area contributed by atoms with Gasteiger partial charge in [-0.2, -0.15) is 0 Å². The Hall–Kier alpha value is -6.90. The highest BCUT2D eigenvalue weighted by Crippen LogP contribution is 2.42. The third-order valence-electron chi connectivity index (χ3n) is 10.3. The van der Waals surface area contributed by atoms with Crippen LogP contribution in [0.3, 0.4) is 0 Å². The van der Waals surface area contributed by atoms with Gasteiger partial charge in [-0.1, -0.05) is 146 Å². The van der Waals surface area contributed by atoms with E-state index < -0.39 is 0 Å². The average Bonchev–Trinajstić information content (AvgIpc) is 3.60. The van der Waals surface area contributed by atoms with Crippen molar-refractivity contribution in [1.82, 2.24) is 0 Å². The molecule has 0 radical (unpaired) electrons. The van der Waals surface area contributed by atoms with Crippen molar-refractivity contribution >= 4 is 60.5 Å². The fourth-order valence-electron chi connectivity index (χ4n) is 7.66. The third kappa shape index (κ3) is 5.21. The second-order valence-electron chi connectivity index (χ2n) is 13.3. The molecule has 0 unspecified atom stereocenters. The molecule has 52 heavy (non-hydrogen) atoms. The second-order valence-corrected chi connectivity index (χ2v) is 13.3. The van der Waals surface area contributed by atoms with Crippen LogP contribution in [0.5, 0.6) is 0 Å². The molecule has 0 spiro atoms. The van der Waals surface area contributed by atoms with E-state index >= 15 is 0 Å². The van der Waals surface area contributed by atoms with Gasteiger partial charge in [0, 0.05) is 27.7 Å². The summed E-state index contributed by atoms with van der Waals surface area (Å²) in [6.45, 7) is 0. The highest BCUT2D eigenvalue weighted by Gasteiger charge is 2.18. The molecule has 244 valence electrons. The van der Waals surface area contributed by atoms with E-state index in [2.05, 4.69) is 205 Å². The Kier molecular flexibility index (Phi) is 7.18.